The molecule has 5 nitrogen and oxygen atoms in total. The van der Waals surface area contributed by atoms with E-state index in [9.17, 15) is 4.79 Å². The van der Waals surface area contributed by atoms with E-state index < -0.39 is 0 Å². The molecule has 6 heteroatoms. The monoisotopic (exact) mass is 357 g/mol. The van der Waals surface area contributed by atoms with Gasteiger partial charge < -0.3 is 9.64 Å². The van der Waals surface area contributed by atoms with Gasteiger partial charge in [0.1, 0.15) is 0 Å². The van der Waals surface area contributed by atoms with Crippen molar-refractivity contribution in [3.8, 4) is 0 Å². The van der Waals surface area contributed by atoms with Crippen molar-refractivity contribution in [3.05, 3.63) is 52.0 Å². The summed E-state index contributed by atoms with van der Waals surface area (Å²) in [5.41, 5.74) is 2.29. The van der Waals surface area contributed by atoms with Crippen molar-refractivity contribution >= 4 is 17.2 Å². The largest absolute Gasteiger partial charge is 0.379 e. The molecular weight excluding hydrogens is 334 g/mol. The molecule has 4 heterocycles. The van der Waals surface area contributed by atoms with E-state index in [0.29, 0.717) is 0 Å². The number of aromatic nitrogens is 1. The predicted molar refractivity (Wildman–Crippen MR) is 97.7 cm³/mol. The molecule has 1 amide bonds. The summed E-state index contributed by atoms with van der Waals surface area (Å²) in [6.45, 7) is 5.19. The molecule has 2 aromatic rings. The molecule has 2 aliphatic heterocycles. The van der Waals surface area contributed by atoms with Crippen molar-refractivity contribution in [2.24, 2.45) is 0 Å². The number of hydrogen-bond acceptors (Lipinski definition) is 5. The minimum absolute atomic E-state index is 0.157. The molecule has 132 valence electrons. The van der Waals surface area contributed by atoms with Crippen LogP contribution in [0.5, 0.6) is 0 Å². The van der Waals surface area contributed by atoms with E-state index in [0.717, 1.165) is 62.8 Å². The Labute approximate surface area is 152 Å². The summed E-state index contributed by atoms with van der Waals surface area (Å²) in [6, 6.07) is 8.27. The molecule has 0 aliphatic carbocycles. The summed E-state index contributed by atoms with van der Waals surface area (Å²) < 4.78 is 5.41. The maximum atomic E-state index is 12.8. The highest BCUT2D eigenvalue weighted by Crippen LogP contribution is 2.34. The number of morpholine rings is 1. The van der Waals surface area contributed by atoms with Gasteiger partial charge in [-0.3, -0.25) is 14.7 Å². The fourth-order valence-corrected chi connectivity index (χ4v) is 4.36. The number of carbonyl (C=O) groups is 1. The number of carbonyl (C=O) groups excluding carboxylic acids is 1. The van der Waals surface area contributed by atoms with Crippen LogP contribution in [0.3, 0.4) is 0 Å². The first kappa shape index (κ1) is 16.7. The van der Waals surface area contributed by atoms with Gasteiger partial charge in [-0.15, -0.1) is 11.3 Å². The van der Waals surface area contributed by atoms with Crippen LogP contribution in [0.2, 0.25) is 0 Å². The molecule has 2 aromatic heterocycles. The van der Waals surface area contributed by atoms with Crippen LogP contribution in [0.15, 0.2) is 35.8 Å². The molecule has 0 saturated carbocycles. The van der Waals surface area contributed by atoms with Crippen molar-refractivity contribution in [1.82, 2.24) is 14.8 Å². The fourth-order valence-electron chi connectivity index (χ4n) is 3.68. The second kappa shape index (κ2) is 7.64. The Morgan fingerprint density at radius 3 is 2.96 bits per heavy atom. The van der Waals surface area contributed by atoms with Gasteiger partial charge in [-0.1, -0.05) is 6.07 Å². The van der Waals surface area contributed by atoms with E-state index in [2.05, 4.69) is 22.0 Å². The maximum absolute atomic E-state index is 12.8. The number of hydrogen-bond donors (Lipinski definition) is 0. The average molecular weight is 357 g/mol. The van der Waals surface area contributed by atoms with Crippen molar-refractivity contribution < 1.29 is 9.53 Å². The first-order valence-corrected chi connectivity index (χ1v) is 9.78. The number of nitrogens with zero attached hydrogens (tertiary/aromatic N) is 3. The molecule has 0 N–H and O–H groups in total. The summed E-state index contributed by atoms with van der Waals surface area (Å²) in [4.78, 5) is 22.6. The number of rotatable bonds is 4. The highest BCUT2D eigenvalue weighted by molar-refractivity contribution is 7.12. The second-order valence-electron chi connectivity index (χ2n) is 6.60. The summed E-state index contributed by atoms with van der Waals surface area (Å²) in [6.07, 6.45) is 3.97. The molecule has 2 fully saturated rings. The van der Waals surface area contributed by atoms with Gasteiger partial charge in [0.25, 0.3) is 5.91 Å². The Bertz CT molecular complexity index is 713. The van der Waals surface area contributed by atoms with Crippen molar-refractivity contribution in [2.45, 2.75) is 25.4 Å². The van der Waals surface area contributed by atoms with Gasteiger partial charge >= 0.3 is 0 Å². The zero-order valence-electron chi connectivity index (χ0n) is 14.3. The molecular formula is C19H23N3O2S. The topological polar surface area (TPSA) is 45.7 Å². The van der Waals surface area contributed by atoms with Gasteiger partial charge in [0.05, 0.1) is 29.8 Å². The SMILES string of the molecule is O=C(c1cccs1)N1CCC[C@@H]1c1ccnc(CN2CCOCC2)c1. The van der Waals surface area contributed by atoms with Gasteiger partial charge in [0.15, 0.2) is 0 Å². The Kier molecular flexibility index (Phi) is 5.10. The van der Waals surface area contributed by atoms with Gasteiger partial charge in [0.2, 0.25) is 0 Å². The summed E-state index contributed by atoms with van der Waals surface area (Å²) in [5, 5.41) is 1.96. The van der Waals surface area contributed by atoms with E-state index >= 15 is 0 Å². The Morgan fingerprint density at radius 1 is 1.28 bits per heavy atom. The summed E-state index contributed by atoms with van der Waals surface area (Å²) in [5.74, 6) is 0.157. The molecule has 0 aromatic carbocycles. The zero-order valence-corrected chi connectivity index (χ0v) is 15.1. The number of pyridine rings is 1. The molecule has 1 atom stereocenters. The highest BCUT2D eigenvalue weighted by atomic mass is 32.1. The molecule has 25 heavy (non-hydrogen) atoms. The van der Waals surface area contributed by atoms with Crippen LogP contribution in [0, 0.1) is 0 Å². The van der Waals surface area contributed by atoms with Crippen molar-refractivity contribution in [3.63, 3.8) is 0 Å². The van der Waals surface area contributed by atoms with E-state index in [1.807, 2.05) is 28.6 Å². The standard InChI is InChI=1S/C19H23N3O2S/c23-19(18-4-2-12-25-18)22-7-1-3-17(22)15-5-6-20-16(13-15)14-21-8-10-24-11-9-21/h2,4-6,12-13,17H,1,3,7-11,14H2/t17-/m1/s1. The van der Waals surface area contributed by atoms with Crippen LogP contribution in [0.25, 0.3) is 0 Å². The van der Waals surface area contributed by atoms with Crippen LogP contribution in [0.1, 0.15) is 39.8 Å². The number of likely N-dealkylation sites (tertiary alicyclic amines) is 1. The van der Waals surface area contributed by atoms with Crippen molar-refractivity contribution in [2.75, 3.05) is 32.8 Å². The molecule has 4 rings (SSSR count). The Morgan fingerprint density at radius 2 is 2.16 bits per heavy atom. The lowest BCUT2D eigenvalue weighted by Crippen LogP contribution is -2.36. The molecule has 0 radical (unpaired) electrons. The smallest absolute Gasteiger partial charge is 0.264 e. The lowest BCUT2D eigenvalue weighted by atomic mass is 10.0. The number of amides is 1. The van der Waals surface area contributed by atoms with Gasteiger partial charge in [0, 0.05) is 32.4 Å². The van der Waals surface area contributed by atoms with Crippen LogP contribution < -0.4 is 0 Å². The van der Waals surface area contributed by atoms with Crippen LogP contribution in [-0.2, 0) is 11.3 Å². The first-order chi connectivity index (χ1) is 12.3. The maximum Gasteiger partial charge on any atom is 0.264 e. The zero-order chi connectivity index (χ0) is 17.1. The van der Waals surface area contributed by atoms with E-state index in [1.165, 1.54) is 16.9 Å². The van der Waals surface area contributed by atoms with Crippen LogP contribution in [-0.4, -0.2) is 53.5 Å². The third-order valence-electron chi connectivity index (χ3n) is 4.96. The summed E-state index contributed by atoms with van der Waals surface area (Å²) in [7, 11) is 0. The average Bonchev–Trinajstić information content (AvgIpc) is 3.34. The molecule has 2 aliphatic rings. The van der Waals surface area contributed by atoms with E-state index in [1.54, 1.807) is 0 Å². The number of thiophene rings is 1. The molecule has 0 unspecified atom stereocenters. The van der Waals surface area contributed by atoms with Crippen LogP contribution >= 0.6 is 11.3 Å². The third-order valence-corrected chi connectivity index (χ3v) is 5.82. The first-order valence-electron chi connectivity index (χ1n) is 8.91. The van der Waals surface area contributed by atoms with Gasteiger partial charge in [-0.2, -0.15) is 0 Å². The lowest BCUT2D eigenvalue weighted by Gasteiger charge is -2.27. The van der Waals surface area contributed by atoms with E-state index in [4.69, 9.17) is 4.74 Å². The number of ether oxygens (including phenoxy) is 1. The predicted octanol–water partition coefficient (Wildman–Crippen LogP) is 2.95. The molecule has 0 spiro atoms. The Balaban J connectivity index is 1.50. The van der Waals surface area contributed by atoms with Gasteiger partial charge in [-0.25, -0.2) is 0 Å². The normalized spacial score (nSPS) is 21.6. The van der Waals surface area contributed by atoms with Gasteiger partial charge in [-0.05, 0) is 42.0 Å². The fraction of sp³-hybridized carbons (Fsp3) is 0.474. The minimum atomic E-state index is 0.157. The highest BCUT2D eigenvalue weighted by Gasteiger charge is 2.31. The third kappa shape index (κ3) is 3.76. The second-order valence-corrected chi connectivity index (χ2v) is 7.55. The van der Waals surface area contributed by atoms with E-state index in [-0.39, 0.29) is 11.9 Å². The molecule has 0 bridgehead atoms. The molecule has 2 saturated heterocycles. The lowest BCUT2D eigenvalue weighted by molar-refractivity contribution is 0.0336. The minimum Gasteiger partial charge on any atom is -0.379 e. The quantitative estimate of drug-likeness (QED) is 0.844. The Hall–Kier alpha value is -1.76. The summed E-state index contributed by atoms with van der Waals surface area (Å²) >= 11 is 1.52. The van der Waals surface area contributed by atoms with Crippen molar-refractivity contribution in [1.29, 1.82) is 0 Å². The van der Waals surface area contributed by atoms with Crippen LogP contribution in [0.4, 0.5) is 0 Å².